The van der Waals surface area contributed by atoms with Crippen molar-refractivity contribution in [1.82, 2.24) is 20.3 Å². The van der Waals surface area contributed by atoms with Crippen LogP contribution in [-0.4, -0.2) is 55.2 Å². The Morgan fingerprint density at radius 3 is 2.67 bits per heavy atom. The highest BCUT2D eigenvalue weighted by Crippen LogP contribution is 2.10. The molecule has 0 aliphatic carbocycles. The summed E-state index contributed by atoms with van der Waals surface area (Å²) < 4.78 is 0. The van der Waals surface area contributed by atoms with Crippen LogP contribution < -0.4 is 15.1 Å². The maximum absolute atomic E-state index is 4.40. The minimum absolute atomic E-state index is 0.707. The molecule has 2 heterocycles. The highest BCUT2D eigenvalue weighted by molar-refractivity contribution is 5.36. The molecular weight excluding hydrogens is 192 g/mol. The fourth-order valence-electron chi connectivity index (χ4n) is 1.51. The summed E-state index contributed by atoms with van der Waals surface area (Å²) in [6.07, 6.45) is 1.57. The van der Waals surface area contributed by atoms with Gasteiger partial charge in [0.1, 0.15) is 6.33 Å². The molecule has 0 spiro atoms. The number of hydrogen-bond acceptors (Lipinski definition) is 6. The van der Waals surface area contributed by atoms with Crippen LogP contribution in [0.2, 0.25) is 0 Å². The standard InChI is InChI=1S/C9H16N6/c1-14(2)8-11-7-12-9(13-8)15-5-3-10-4-6-15/h7,10H,3-6H2,1-2H3. The molecular formula is C9H16N6. The van der Waals surface area contributed by atoms with E-state index < -0.39 is 0 Å². The molecule has 1 aromatic heterocycles. The van der Waals surface area contributed by atoms with Crippen LogP contribution in [0, 0.1) is 0 Å². The summed E-state index contributed by atoms with van der Waals surface area (Å²) in [6, 6.07) is 0. The molecule has 1 fully saturated rings. The third-order valence-electron chi connectivity index (χ3n) is 2.35. The van der Waals surface area contributed by atoms with Gasteiger partial charge in [-0.3, -0.25) is 0 Å². The summed E-state index contributed by atoms with van der Waals surface area (Å²) in [7, 11) is 3.85. The maximum Gasteiger partial charge on any atom is 0.230 e. The molecule has 1 N–H and O–H groups in total. The maximum atomic E-state index is 4.40. The van der Waals surface area contributed by atoms with Crippen molar-refractivity contribution >= 4 is 11.9 Å². The molecule has 2 rings (SSSR count). The Morgan fingerprint density at radius 1 is 1.27 bits per heavy atom. The first kappa shape index (κ1) is 10.1. The van der Waals surface area contributed by atoms with Gasteiger partial charge in [-0.25, -0.2) is 9.97 Å². The molecule has 0 unspecified atom stereocenters. The largest absolute Gasteiger partial charge is 0.347 e. The Hall–Kier alpha value is -1.43. The van der Waals surface area contributed by atoms with E-state index in [1.807, 2.05) is 19.0 Å². The summed E-state index contributed by atoms with van der Waals surface area (Å²) >= 11 is 0. The highest BCUT2D eigenvalue weighted by Gasteiger charge is 2.13. The first-order chi connectivity index (χ1) is 7.27. The van der Waals surface area contributed by atoms with E-state index in [9.17, 15) is 0 Å². The first-order valence-corrected chi connectivity index (χ1v) is 5.09. The minimum Gasteiger partial charge on any atom is -0.347 e. The number of rotatable bonds is 2. The van der Waals surface area contributed by atoms with Gasteiger partial charge in [0, 0.05) is 40.3 Å². The lowest BCUT2D eigenvalue weighted by Crippen LogP contribution is -2.44. The van der Waals surface area contributed by atoms with E-state index in [1.165, 1.54) is 0 Å². The molecule has 0 atom stereocenters. The van der Waals surface area contributed by atoms with Crippen LogP contribution in [0.4, 0.5) is 11.9 Å². The molecule has 6 nitrogen and oxygen atoms in total. The predicted octanol–water partition coefficient (Wildman–Crippen LogP) is -0.653. The van der Waals surface area contributed by atoms with Crippen molar-refractivity contribution in [2.24, 2.45) is 0 Å². The Kier molecular flexibility index (Phi) is 2.96. The van der Waals surface area contributed by atoms with Crippen LogP contribution in [0.1, 0.15) is 0 Å². The zero-order valence-electron chi connectivity index (χ0n) is 9.14. The third-order valence-corrected chi connectivity index (χ3v) is 2.35. The van der Waals surface area contributed by atoms with Crippen LogP contribution in [0.25, 0.3) is 0 Å². The van der Waals surface area contributed by atoms with Crippen molar-refractivity contribution < 1.29 is 0 Å². The molecule has 6 heteroatoms. The van der Waals surface area contributed by atoms with Gasteiger partial charge in [0.25, 0.3) is 0 Å². The quantitative estimate of drug-likeness (QED) is 0.697. The molecule has 0 bridgehead atoms. The van der Waals surface area contributed by atoms with E-state index in [1.54, 1.807) is 6.33 Å². The molecule has 0 saturated carbocycles. The van der Waals surface area contributed by atoms with E-state index in [-0.39, 0.29) is 0 Å². The minimum atomic E-state index is 0.707. The Morgan fingerprint density at radius 2 is 2.00 bits per heavy atom. The van der Waals surface area contributed by atoms with Crippen LogP contribution in [-0.2, 0) is 0 Å². The van der Waals surface area contributed by atoms with Gasteiger partial charge in [0.05, 0.1) is 0 Å². The highest BCUT2D eigenvalue weighted by atomic mass is 15.3. The van der Waals surface area contributed by atoms with Gasteiger partial charge in [-0.1, -0.05) is 0 Å². The Bertz CT molecular complexity index is 320. The summed E-state index contributed by atoms with van der Waals surface area (Å²) in [4.78, 5) is 16.7. The zero-order valence-corrected chi connectivity index (χ0v) is 9.14. The normalized spacial score (nSPS) is 16.5. The number of anilines is 2. The van der Waals surface area contributed by atoms with Crippen LogP contribution >= 0.6 is 0 Å². The lowest BCUT2D eigenvalue weighted by Gasteiger charge is -2.27. The number of aromatic nitrogens is 3. The summed E-state index contributed by atoms with van der Waals surface area (Å²) in [5.74, 6) is 1.48. The van der Waals surface area contributed by atoms with E-state index >= 15 is 0 Å². The van der Waals surface area contributed by atoms with E-state index in [2.05, 4.69) is 25.2 Å². The van der Waals surface area contributed by atoms with Gasteiger partial charge in [0.2, 0.25) is 11.9 Å². The number of piperazine rings is 1. The van der Waals surface area contributed by atoms with Crippen molar-refractivity contribution in [3.8, 4) is 0 Å². The van der Waals surface area contributed by atoms with E-state index in [4.69, 9.17) is 0 Å². The van der Waals surface area contributed by atoms with Crippen molar-refractivity contribution in [3.05, 3.63) is 6.33 Å². The van der Waals surface area contributed by atoms with Crippen LogP contribution in [0.15, 0.2) is 6.33 Å². The Balaban J connectivity index is 2.16. The molecule has 1 aliphatic rings. The second-order valence-electron chi connectivity index (χ2n) is 3.72. The van der Waals surface area contributed by atoms with Gasteiger partial charge in [-0.05, 0) is 0 Å². The fraction of sp³-hybridized carbons (Fsp3) is 0.667. The SMILES string of the molecule is CN(C)c1ncnc(N2CCNCC2)n1. The molecule has 1 aliphatic heterocycles. The number of hydrogen-bond donors (Lipinski definition) is 1. The number of nitrogens with one attached hydrogen (secondary N) is 1. The van der Waals surface area contributed by atoms with Crippen molar-refractivity contribution in [1.29, 1.82) is 0 Å². The average molecular weight is 208 g/mol. The van der Waals surface area contributed by atoms with E-state index in [0.717, 1.165) is 32.1 Å². The van der Waals surface area contributed by atoms with Gasteiger partial charge in [-0.15, -0.1) is 0 Å². The Labute approximate surface area is 89.3 Å². The molecule has 0 aromatic carbocycles. The zero-order chi connectivity index (χ0) is 10.7. The fourth-order valence-corrected chi connectivity index (χ4v) is 1.51. The van der Waals surface area contributed by atoms with Crippen LogP contribution in [0.3, 0.4) is 0 Å². The van der Waals surface area contributed by atoms with Gasteiger partial charge < -0.3 is 15.1 Å². The van der Waals surface area contributed by atoms with E-state index in [0.29, 0.717) is 5.95 Å². The molecule has 0 amide bonds. The van der Waals surface area contributed by atoms with Crippen molar-refractivity contribution in [2.75, 3.05) is 50.1 Å². The second-order valence-corrected chi connectivity index (χ2v) is 3.72. The van der Waals surface area contributed by atoms with Gasteiger partial charge in [-0.2, -0.15) is 4.98 Å². The predicted molar refractivity (Wildman–Crippen MR) is 59.2 cm³/mol. The monoisotopic (exact) mass is 208 g/mol. The molecule has 1 aromatic rings. The molecule has 0 radical (unpaired) electrons. The van der Waals surface area contributed by atoms with Crippen LogP contribution in [0.5, 0.6) is 0 Å². The van der Waals surface area contributed by atoms with Crippen molar-refractivity contribution in [3.63, 3.8) is 0 Å². The lowest BCUT2D eigenvalue weighted by atomic mass is 10.4. The van der Waals surface area contributed by atoms with Crippen molar-refractivity contribution in [2.45, 2.75) is 0 Å². The first-order valence-electron chi connectivity index (χ1n) is 5.09. The molecule has 15 heavy (non-hydrogen) atoms. The molecule has 82 valence electrons. The van der Waals surface area contributed by atoms with Gasteiger partial charge in [0.15, 0.2) is 0 Å². The van der Waals surface area contributed by atoms with Gasteiger partial charge >= 0.3 is 0 Å². The second kappa shape index (κ2) is 4.39. The summed E-state index contributed by atoms with van der Waals surface area (Å²) in [5, 5.41) is 3.30. The molecule has 1 saturated heterocycles. The summed E-state index contributed by atoms with van der Waals surface area (Å²) in [6.45, 7) is 3.89. The summed E-state index contributed by atoms with van der Waals surface area (Å²) in [5.41, 5.74) is 0. The third kappa shape index (κ3) is 2.33. The average Bonchev–Trinajstić information content (AvgIpc) is 2.30. The lowest BCUT2D eigenvalue weighted by molar-refractivity contribution is 0.579. The topological polar surface area (TPSA) is 57.2 Å². The smallest absolute Gasteiger partial charge is 0.230 e. The number of nitrogens with zero attached hydrogens (tertiary/aromatic N) is 5.